The summed E-state index contributed by atoms with van der Waals surface area (Å²) in [4.78, 5) is 34.9. The van der Waals surface area contributed by atoms with Gasteiger partial charge in [-0.2, -0.15) is 0 Å². The summed E-state index contributed by atoms with van der Waals surface area (Å²) >= 11 is 11.7. The summed E-state index contributed by atoms with van der Waals surface area (Å²) in [6.07, 6.45) is -0.0415. The number of imide groups is 1. The largest absolute Gasteiger partial charge is 0.497 e. The first-order valence-corrected chi connectivity index (χ1v) is 7.05. The topological polar surface area (TPSA) is 89.8 Å². The molecule has 0 bridgehead atoms. The van der Waals surface area contributed by atoms with Gasteiger partial charge in [-0.05, 0) is 40.9 Å². The summed E-state index contributed by atoms with van der Waals surface area (Å²) in [7, 11) is 1.46. The molecule has 22 heavy (non-hydrogen) atoms. The fourth-order valence-corrected chi connectivity index (χ4v) is 2.72. The maximum atomic E-state index is 11.9. The van der Waals surface area contributed by atoms with Gasteiger partial charge in [-0.25, -0.2) is 0 Å². The van der Waals surface area contributed by atoms with Gasteiger partial charge >= 0.3 is 4.46 Å². The van der Waals surface area contributed by atoms with Gasteiger partial charge in [0.05, 0.1) is 12.0 Å². The number of carbonyl (C=O) groups is 2. The molecule has 1 saturated heterocycles. The Morgan fingerprint density at radius 1 is 1.23 bits per heavy atom. The zero-order valence-corrected chi connectivity index (χ0v) is 13.0. The molecule has 0 saturated carbocycles. The van der Waals surface area contributed by atoms with Gasteiger partial charge in [0.15, 0.2) is 6.04 Å². The molecule has 2 rings (SSSR count). The molecular formula is C13H12Cl2N2O5. The van der Waals surface area contributed by atoms with E-state index in [-0.39, 0.29) is 18.4 Å². The Bertz CT molecular complexity index is 601. The lowest BCUT2D eigenvalue weighted by molar-refractivity contribution is -0.523. The van der Waals surface area contributed by atoms with Crippen molar-refractivity contribution in [2.24, 2.45) is 0 Å². The number of hydrogen-bond acceptors (Lipinski definition) is 5. The van der Waals surface area contributed by atoms with Gasteiger partial charge < -0.3 is 4.74 Å². The number of rotatable bonds is 5. The second-order valence-corrected chi connectivity index (χ2v) is 6.02. The van der Waals surface area contributed by atoms with Gasteiger partial charge in [0, 0.05) is 12.8 Å². The Labute approximate surface area is 135 Å². The van der Waals surface area contributed by atoms with Crippen LogP contribution in [0.2, 0.25) is 0 Å². The molecule has 1 aliphatic heterocycles. The number of ether oxygens (including phenoxy) is 1. The summed E-state index contributed by atoms with van der Waals surface area (Å²) in [5.41, 5.74) is 0.270. The molecular weight excluding hydrogens is 335 g/mol. The summed E-state index contributed by atoms with van der Waals surface area (Å²) in [5, 5.41) is 11.2. The van der Waals surface area contributed by atoms with Crippen LogP contribution < -0.4 is 4.74 Å². The number of nitrogens with zero attached hydrogens (tertiary/aromatic N) is 2. The number of alkyl halides is 2. The maximum Gasteiger partial charge on any atom is 0.395 e. The number of halogens is 2. The highest BCUT2D eigenvalue weighted by Crippen LogP contribution is 2.43. The van der Waals surface area contributed by atoms with Crippen molar-refractivity contribution in [1.82, 2.24) is 4.90 Å². The van der Waals surface area contributed by atoms with E-state index in [0.717, 1.165) is 4.90 Å². The first-order chi connectivity index (χ1) is 10.3. The van der Waals surface area contributed by atoms with E-state index in [1.807, 2.05) is 0 Å². The highest BCUT2D eigenvalue weighted by Gasteiger charge is 2.55. The van der Waals surface area contributed by atoms with Crippen LogP contribution in [0.25, 0.3) is 0 Å². The molecule has 118 valence electrons. The van der Waals surface area contributed by atoms with Crippen molar-refractivity contribution in [1.29, 1.82) is 0 Å². The van der Waals surface area contributed by atoms with Gasteiger partial charge in [-0.3, -0.25) is 24.6 Å². The molecule has 7 nitrogen and oxygen atoms in total. The van der Waals surface area contributed by atoms with E-state index >= 15 is 0 Å². The van der Waals surface area contributed by atoms with Gasteiger partial charge in [-0.1, -0.05) is 12.1 Å². The van der Waals surface area contributed by atoms with Crippen molar-refractivity contribution < 1.29 is 19.2 Å². The van der Waals surface area contributed by atoms with E-state index in [0.29, 0.717) is 5.75 Å². The second-order valence-electron chi connectivity index (χ2n) is 4.68. The molecule has 9 heteroatoms. The number of benzene rings is 1. The highest BCUT2D eigenvalue weighted by molar-refractivity contribution is 6.47. The lowest BCUT2D eigenvalue weighted by atomic mass is 10.0. The molecule has 1 aliphatic rings. The lowest BCUT2D eigenvalue weighted by Gasteiger charge is -2.30. The third-order valence-corrected chi connectivity index (χ3v) is 4.04. The molecule has 1 heterocycles. The molecule has 1 fully saturated rings. The first-order valence-electron chi connectivity index (χ1n) is 6.30. The number of amides is 2. The van der Waals surface area contributed by atoms with Crippen molar-refractivity contribution >= 4 is 35.0 Å². The van der Waals surface area contributed by atoms with E-state index in [2.05, 4.69) is 0 Å². The molecule has 1 unspecified atom stereocenters. The van der Waals surface area contributed by atoms with Gasteiger partial charge in [0.1, 0.15) is 5.75 Å². The van der Waals surface area contributed by atoms with Crippen LogP contribution in [0.4, 0.5) is 0 Å². The van der Waals surface area contributed by atoms with Crippen LogP contribution in [0.15, 0.2) is 24.3 Å². The Morgan fingerprint density at radius 2 is 1.73 bits per heavy atom. The van der Waals surface area contributed by atoms with Crippen LogP contribution in [0, 0.1) is 10.1 Å². The van der Waals surface area contributed by atoms with Gasteiger partial charge in [0.25, 0.3) is 0 Å². The minimum Gasteiger partial charge on any atom is -0.497 e. The zero-order chi connectivity index (χ0) is 16.5. The fourth-order valence-electron chi connectivity index (χ4n) is 2.27. The number of hydrogen-bond donors (Lipinski definition) is 0. The van der Waals surface area contributed by atoms with Gasteiger partial charge in [-0.15, -0.1) is 0 Å². The predicted octanol–water partition coefficient (Wildman–Crippen LogP) is 2.29. The molecule has 1 atom stereocenters. The molecule has 0 aliphatic carbocycles. The molecule has 0 N–H and O–H groups in total. The average molecular weight is 347 g/mol. The standard InChI is InChI=1S/C13H12Cl2N2O5/c1-22-9-4-2-8(3-5-9)12(13(14,15)17(20)21)16-10(18)6-7-11(16)19/h2-5,12H,6-7H2,1H3. The summed E-state index contributed by atoms with van der Waals surface area (Å²) < 4.78 is 2.45. The number of methoxy groups -OCH3 is 1. The van der Waals surface area contributed by atoms with Crippen LogP contribution in [-0.2, 0) is 9.59 Å². The van der Waals surface area contributed by atoms with Crippen molar-refractivity contribution in [2.75, 3.05) is 7.11 Å². The first kappa shape index (κ1) is 16.5. The number of carbonyl (C=O) groups excluding carboxylic acids is 2. The monoisotopic (exact) mass is 346 g/mol. The molecule has 0 spiro atoms. The van der Waals surface area contributed by atoms with Crippen LogP contribution in [-0.4, -0.2) is 33.2 Å². The normalized spacial score (nSPS) is 16.8. The molecule has 1 aromatic carbocycles. The van der Waals surface area contributed by atoms with Crippen LogP contribution >= 0.6 is 23.2 Å². The van der Waals surface area contributed by atoms with Gasteiger partial charge in [0.2, 0.25) is 11.8 Å². The third-order valence-electron chi connectivity index (χ3n) is 3.35. The third kappa shape index (κ3) is 2.86. The Balaban J connectivity index is 2.52. The zero-order valence-electron chi connectivity index (χ0n) is 11.5. The van der Waals surface area contributed by atoms with E-state index in [1.165, 1.54) is 31.4 Å². The van der Waals surface area contributed by atoms with E-state index < -0.39 is 27.2 Å². The highest BCUT2D eigenvalue weighted by atomic mass is 35.5. The summed E-state index contributed by atoms with van der Waals surface area (Å²) in [5.74, 6) is -0.575. The second kappa shape index (κ2) is 6.10. The molecule has 2 amide bonds. The minimum absolute atomic E-state index is 0.0208. The average Bonchev–Trinajstić information content (AvgIpc) is 2.80. The maximum absolute atomic E-state index is 11.9. The minimum atomic E-state index is -2.55. The molecule has 0 radical (unpaired) electrons. The lowest BCUT2D eigenvalue weighted by Crippen LogP contribution is -2.46. The van der Waals surface area contributed by atoms with Crippen molar-refractivity contribution in [3.63, 3.8) is 0 Å². The smallest absolute Gasteiger partial charge is 0.395 e. The van der Waals surface area contributed by atoms with Crippen LogP contribution in [0.5, 0.6) is 5.75 Å². The summed E-state index contributed by atoms with van der Waals surface area (Å²) in [6, 6.07) is 4.62. The Kier molecular flexibility index (Phi) is 4.58. The SMILES string of the molecule is COc1ccc(C(N2C(=O)CCC2=O)C(Cl)(Cl)[N+](=O)[O-])cc1. The Hall–Kier alpha value is -1.86. The van der Waals surface area contributed by atoms with Crippen molar-refractivity contribution in [3.8, 4) is 5.75 Å². The van der Waals surface area contributed by atoms with Crippen molar-refractivity contribution in [2.45, 2.75) is 23.3 Å². The van der Waals surface area contributed by atoms with Crippen LogP contribution in [0.3, 0.4) is 0 Å². The van der Waals surface area contributed by atoms with E-state index in [9.17, 15) is 19.7 Å². The number of nitro groups is 1. The number of likely N-dealkylation sites (tertiary alicyclic amines) is 1. The quantitative estimate of drug-likeness (QED) is 0.268. The van der Waals surface area contributed by atoms with E-state index in [4.69, 9.17) is 27.9 Å². The van der Waals surface area contributed by atoms with Crippen molar-refractivity contribution in [3.05, 3.63) is 39.9 Å². The summed E-state index contributed by atoms with van der Waals surface area (Å²) in [6.45, 7) is 0. The fraction of sp³-hybridized carbons (Fsp3) is 0.385. The predicted molar refractivity (Wildman–Crippen MR) is 78.3 cm³/mol. The molecule has 1 aromatic rings. The Morgan fingerprint density at radius 3 is 2.14 bits per heavy atom. The molecule has 0 aromatic heterocycles. The van der Waals surface area contributed by atoms with Crippen LogP contribution in [0.1, 0.15) is 24.4 Å². The van der Waals surface area contributed by atoms with E-state index in [1.54, 1.807) is 0 Å².